The van der Waals surface area contributed by atoms with Crippen LogP contribution in [-0.2, 0) is 4.79 Å². The van der Waals surface area contributed by atoms with E-state index in [1.165, 1.54) is 31.0 Å². The second-order valence-corrected chi connectivity index (χ2v) is 5.72. The second-order valence-electron chi connectivity index (χ2n) is 4.67. The molecule has 0 saturated heterocycles. The number of amides is 1. The van der Waals surface area contributed by atoms with Crippen LogP contribution in [0.5, 0.6) is 0 Å². The van der Waals surface area contributed by atoms with Crippen LogP contribution in [0.15, 0.2) is 23.2 Å². The number of pyridine rings is 1. The summed E-state index contributed by atoms with van der Waals surface area (Å²) >= 11 is 1.48. The van der Waals surface area contributed by atoms with Gasteiger partial charge in [0.15, 0.2) is 0 Å². The molecule has 106 valence electrons. The Hall–Kier alpha value is -1.23. The van der Waals surface area contributed by atoms with Gasteiger partial charge in [0.1, 0.15) is 5.82 Å². The van der Waals surface area contributed by atoms with Crippen molar-refractivity contribution < 1.29 is 4.79 Å². The average molecular weight is 281 g/mol. The highest BCUT2D eigenvalue weighted by molar-refractivity contribution is 8.00. The fraction of sp³-hybridized carbons (Fsp3) is 0.571. The van der Waals surface area contributed by atoms with Crippen LogP contribution in [0.3, 0.4) is 0 Å². The van der Waals surface area contributed by atoms with Crippen LogP contribution in [0.4, 0.5) is 5.82 Å². The number of hydrogen-bond donors (Lipinski definition) is 2. The molecule has 1 atom stereocenters. The lowest BCUT2D eigenvalue weighted by Gasteiger charge is -2.13. The van der Waals surface area contributed by atoms with Gasteiger partial charge in [-0.25, -0.2) is 4.98 Å². The highest BCUT2D eigenvalue weighted by Crippen LogP contribution is 2.17. The Morgan fingerprint density at radius 2 is 2.26 bits per heavy atom. The van der Waals surface area contributed by atoms with Gasteiger partial charge in [0.25, 0.3) is 0 Å². The number of hydrogen-bond acceptors (Lipinski definition) is 4. The molecule has 3 N–H and O–H groups in total. The molecule has 1 unspecified atom stereocenters. The maximum absolute atomic E-state index is 11.7. The van der Waals surface area contributed by atoms with Crippen molar-refractivity contribution in [3.63, 3.8) is 0 Å². The molecule has 1 rings (SSSR count). The van der Waals surface area contributed by atoms with E-state index in [4.69, 9.17) is 5.73 Å². The molecule has 0 aromatic carbocycles. The van der Waals surface area contributed by atoms with Crippen LogP contribution in [0.1, 0.15) is 39.5 Å². The summed E-state index contributed by atoms with van der Waals surface area (Å²) in [6.07, 6.45) is 6.35. The van der Waals surface area contributed by atoms with Crippen LogP contribution < -0.4 is 11.1 Å². The molecule has 5 heteroatoms. The number of anilines is 1. The largest absolute Gasteiger partial charge is 0.384 e. The summed E-state index contributed by atoms with van der Waals surface area (Å²) in [6, 6.07) is 3.88. The van der Waals surface area contributed by atoms with E-state index in [1.807, 2.05) is 6.07 Å². The van der Waals surface area contributed by atoms with Gasteiger partial charge in [-0.1, -0.05) is 26.2 Å². The third-order valence-electron chi connectivity index (χ3n) is 2.78. The summed E-state index contributed by atoms with van der Waals surface area (Å²) in [7, 11) is 0. The number of carbonyl (C=O) groups excluding carboxylic acids is 1. The van der Waals surface area contributed by atoms with Gasteiger partial charge in [0, 0.05) is 17.1 Å². The summed E-state index contributed by atoms with van der Waals surface area (Å²) in [4.78, 5) is 16.7. The molecule has 1 aromatic rings. The van der Waals surface area contributed by atoms with Crippen LogP contribution in [0.2, 0.25) is 0 Å². The van der Waals surface area contributed by atoms with E-state index >= 15 is 0 Å². The first-order chi connectivity index (χ1) is 9.11. The number of nitrogens with one attached hydrogen (secondary N) is 1. The number of rotatable bonds is 8. The van der Waals surface area contributed by atoms with E-state index in [2.05, 4.69) is 24.1 Å². The highest BCUT2D eigenvalue weighted by Gasteiger charge is 2.07. The maximum Gasteiger partial charge on any atom is 0.230 e. The van der Waals surface area contributed by atoms with Gasteiger partial charge in [-0.3, -0.25) is 4.79 Å². The summed E-state index contributed by atoms with van der Waals surface area (Å²) in [6.45, 7) is 4.24. The van der Waals surface area contributed by atoms with Crippen molar-refractivity contribution in [2.24, 2.45) is 0 Å². The number of nitrogens with two attached hydrogens (primary N) is 1. The minimum Gasteiger partial charge on any atom is -0.384 e. The number of unbranched alkanes of at least 4 members (excludes halogenated alkanes) is 2. The summed E-state index contributed by atoms with van der Waals surface area (Å²) < 4.78 is 0. The van der Waals surface area contributed by atoms with E-state index in [1.54, 1.807) is 12.3 Å². The Balaban J connectivity index is 2.22. The first-order valence-corrected chi connectivity index (χ1v) is 7.74. The molecule has 1 aromatic heterocycles. The van der Waals surface area contributed by atoms with Gasteiger partial charge in [-0.15, -0.1) is 11.8 Å². The van der Waals surface area contributed by atoms with E-state index in [-0.39, 0.29) is 11.9 Å². The molecule has 0 fully saturated rings. The number of carbonyl (C=O) groups is 1. The molecule has 0 spiro atoms. The van der Waals surface area contributed by atoms with Gasteiger partial charge >= 0.3 is 0 Å². The molecule has 0 aliphatic heterocycles. The predicted octanol–water partition coefficient (Wildman–Crippen LogP) is 2.84. The number of nitrogen functional groups attached to an aromatic ring is 1. The van der Waals surface area contributed by atoms with Crippen LogP contribution in [0, 0.1) is 0 Å². The molecule has 4 nitrogen and oxygen atoms in total. The molecular weight excluding hydrogens is 258 g/mol. The van der Waals surface area contributed by atoms with Crippen molar-refractivity contribution in [3.8, 4) is 0 Å². The van der Waals surface area contributed by atoms with Crippen molar-refractivity contribution in [1.82, 2.24) is 10.3 Å². The Labute approximate surface area is 119 Å². The van der Waals surface area contributed by atoms with Crippen molar-refractivity contribution in [1.29, 1.82) is 0 Å². The molecule has 0 radical (unpaired) electrons. The fourth-order valence-corrected chi connectivity index (χ4v) is 2.39. The van der Waals surface area contributed by atoms with Crippen molar-refractivity contribution >= 4 is 23.5 Å². The minimum atomic E-state index is 0.0748. The fourth-order valence-electron chi connectivity index (χ4n) is 1.72. The standard InChI is InChI=1S/C14H23N3OS/c1-3-4-5-6-11(2)17-14(18)10-19-12-7-8-13(15)16-9-12/h7-9,11H,3-6,10H2,1-2H3,(H2,15,16)(H,17,18). The lowest BCUT2D eigenvalue weighted by atomic mass is 10.1. The number of aromatic nitrogens is 1. The van der Waals surface area contributed by atoms with Gasteiger partial charge in [0.2, 0.25) is 5.91 Å². The number of thioether (sulfide) groups is 1. The lowest BCUT2D eigenvalue weighted by molar-refractivity contribution is -0.119. The van der Waals surface area contributed by atoms with Gasteiger partial charge < -0.3 is 11.1 Å². The first kappa shape index (κ1) is 15.8. The molecule has 0 aliphatic carbocycles. The Morgan fingerprint density at radius 1 is 1.47 bits per heavy atom. The van der Waals surface area contributed by atoms with E-state index in [9.17, 15) is 4.79 Å². The zero-order valence-electron chi connectivity index (χ0n) is 11.7. The molecule has 1 amide bonds. The van der Waals surface area contributed by atoms with Crippen molar-refractivity contribution in [2.45, 2.75) is 50.5 Å². The third kappa shape index (κ3) is 7.06. The Bertz CT molecular complexity index is 381. The minimum absolute atomic E-state index is 0.0748. The molecule has 0 bridgehead atoms. The molecular formula is C14H23N3OS. The zero-order valence-corrected chi connectivity index (χ0v) is 12.5. The van der Waals surface area contributed by atoms with Crippen molar-refractivity contribution in [3.05, 3.63) is 18.3 Å². The zero-order chi connectivity index (χ0) is 14.1. The van der Waals surface area contributed by atoms with E-state index in [0.29, 0.717) is 11.6 Å². The number of nitrogens with zero attached hydrogens (tertiary/aromatic N) is 1. The lowest BCUT2D eigenvalue weighted by Crippen LogP contribution is -2.33. The average Bonchev–Trinajstić information content (AvgIpc) is 2.38. The van der Waals surface area contributed by atoms with Crippen molar-refractivity contribution in [2.75, 3.05) is 11.5 Å². The molecule has 1 heterocycles. The Morgan fingerprint density at radius 3 is 2.89 bits per heavy atom. The van der Waals surface area contributed by atoms with Gasteiger partial charge in [-0.2, -0.15) is 0 Å². The highest BCUT2D eigenvalue weighted by atomic mass is 32.2. The molecule has 0 aliphatic rings. The molecule has 0 saturated carbocycles. The smallest absolute Gasteiger partial charge is 0.230 e. The van der Waals surface area contributed by atoms with Gasteiger partial charge in [-0.05, 0) is 25.5 Å². The summed E-state index contributed by atoms with van der Waals surface area (Å²) in [5.74, 6) is 0.994. The summed E-state index contributed by atoms with van der Waals surface area (Å²) in [5, 5.41) is 3.02. The Kier molecular flexibility index (Phi) is 7.33. The monoisotopic (exact) mass is 281 g/mol. The van der Waals surface area contributed by atoms with E-state index < -0.39 is 0 Å². The topological polar surface area (TPSA) is 68.0 Å². The SMILES string of the molecule is CCCCCC(C)NC(=O)CSc1ccc(N)nc1. The normalized spacial score (nSPS) is 12.1. The quantitative estimate of drug-likeness (QED) is 0.568. The first-order valence-electron chi connectivity index (χ1n) is 6.75. The van der Waals surface area contributed by atoms with Crippen LogP contribution in [-0.4, -0.2) is 22.7 Å². The predicted molar refractivity (Wildman–Crippen MR) is 81.1 cm³/mol. The molecule has 19 heavy (non-hydrogen) atoms. The summed E-state index contributed by atoms with van der Waals surface area (Å²) in [5.41, 5.74) is 5.51. The third-order valence-corrected chi connectivity index (χ3v) is 3.76. The van der Waals surface area contributed by atoms with Gasteiger partial charge in [0.05, 0.1) is 5.75 Å². The van der Waals surface area contributed by atoms with Crippen LogP contribution >= 0.6 is 11.8 Å². The van der Waals surface area contributed by atoms with E-state index in [0.717, 1.165) is 11.3 Å². The maximum atomic E-state index is 11.7. The van der Waals surface area contributed by atoms with Crippen LogP contribution in [0.25, 0.3) is 0 Å². The second kappa shape index (κ2) is 8.80.